The van der Waals surface area contributed by atoms with Crippen molar-refractivity contribution < 1.29 is 9.90 Å². The Morgan fingerprint density at radius 1 is 1.36 bits per heavy atom. The highest BCUT2D eigenvalue weighted by molar-refractivity contribution is 7.09. The Labute approximate surface area is 137 Å². The van der Waals surface area contributed by atoms with Crippen molar-refractivity contribution in [3.63, 3.8) is 0 Å². The predicted octanol–water partition coefficient (Wildman–Crippen LogP) is 1.55. The van der Waals surface area contributed by atoms with E-state index in [-0.39, 0.29) is 17.4 Å². The van der Waals surface area contributed by atoms with Crippen LogP contribution in [0.15, 0.2) is 5.38 Å². The van der Waals surface area contributed by atoms with Crippen LogP contribution in [0.3, 0.4) is 0 Å². The summed E-state index contributed by atoms with van der Waals surface area (Å²) in [6.45, 7) is 11.9. The van der Waals surface area contributed by atoms with Gasteiger partial charge in [-0.15, -0.1) is 11.3 Å². The lowest BCUT2D eigenvalue weighted by atomic mass is 9.89. The molecule has 1 saturated heterocycles. The monoisotopic (exact) mass is 325 g/mol. The Hall–Kier alpha value is -0.980. The molecule has 1 aliphatic rings. The maximum absolute atomic E-state index is 12.3. The second-order valence-electron chi connectivity index (χ2n) is 7.10. The smallest absolute Gasteiger partial charge is 0.228 e. The first-order valence-corrected chi connectivity index (χ1v) is 8.73. The molecule has 1 aromatic heterocycles. The summed E-state index contributed by atoms with van der Waals surface area (Å²) in [4.78, 5) is 20.8. The van der Waals surface area contributed by atoms with E-state index < -0.39 is 0 Å². The van der Waals surface area contributed by atoms with Crippen molar-refractivity contribution in [3.05, 3.63) is 16.1 Å². The van der Waals surface area contributed by atoms with E-state index in [1.807, 2.05) is 38.0 Å². The quantitative estimate of drug-likeness (QED) is 0.912. The lowest BCUT2D eigenvalue weighted by Crippen LogP contribution is -2.52. The average molecular weight is 325 g/mol. The van der Waals surface area contributed by atoms with Gasteiger partial charge in [-0.2, -0.15) is 0 Å². The lowest BCUT2D eigenvalue weighted by molar-refractivity contribution is -0.132. The molecule has 0 aromatic carbocycles. The van der Waals surface area contributed by atoms with Gasteiger partial charge in [-0.3, -0.25) is 9.69 Å². The second kappa shape index (κ2) is 7.06. The summed E-state index contributed by atoms with van der Waals surface area (Å²) in [5.41, 5.74) is 0.771. The SMILES string of the molecule is Cc1nc(CC(=O)N2CCN(C[C@@H](O)C(C)(C)C)CC2)cs1. The standard InChI is InChI=1S/C16H27N3O2S/c1-12-17-13(11-22-12)9-15(21)19-7-5-18(6-8-19)10-14(20)16(2,3)4/h11,14,20H,5-10H2,1-4H3/t14-/m1/s1. The molecule has 2 rings (SSSR count). The van der Waals surface area contributed by atoms with Crippen LogP contribution in [-0.4, -0.2) is 64.6 Å². The third kappa shape index (κ3) is 4.76. The number of aromatic nitrogens is 1. The first-order chi connectivity index (χ1) is 10.3. The van der Waals surface area contributed by atoms with E-state index >= 15 is 0 Å². The topological polar surface area (TPSA) is 56.7 Å². The molecule has 1 aromatic rings. The maximum Gasteiger partial charge on any atom is 0.228 e. The number of carbonyl (C=O) groups excluding carboxylic acids is 1. The van der Waals surface area contributed by atoms with Gasteiger partial charge in [-0.05, 0) is 12.3 Å². The lowest BCUT2D eigenvalue weighted by Gasteiger charge is -2.38. The molecule has 124 valence electrons. The molecule has 0 unspecified atom stereocenters. The molecule has 0 bridgehead atoms. The van der Waals surface area contributed by atoms with Crippen LogP contribution in [0.4, 0.5) is 0 Å². The van der Waals surface area contributed by atoms with E-state index in [0.29, 0.717) is 13.0 Å². The number of aryl methyl sites for hydroxylation is 1. The Morgan fingerprint density at radius 2 is 2.00 bits per heavy atom. The highest BCUT2D eigenvalue weighted by Gasteiger charge is 2.27. The number of aliphatic hydroxyl groups excluding tert-OH is 1. The summed E-state index contributed by atoms with van der Waals surface area (Å²) in [6, 6.07) is 0. The van der Waals surface area contributed by atoms with Gasteiger partial charge in [0.2, 0.25) is 5.91 Å². The molecule has 1 fully saturated rings. The Bertz CT molecular complexity index is 502. The van der Waals surface area contributed by atoms with Gasteiger partial charge < -0.3 is 10.0 Å². The van der Waals surface area contributed by atoms with Crippen molar-refractivity contribution in [2.45, 2.75) is 40.2 Å². The van der Waals surface area contributed by atoms with Crippen LogP contribution >= 0.6 is 11.3 Å². The number of aliphatic hydroxyl groups is 1. The summed E-state index contributed by atoms with van der Waals surface area (Å²) < 4.78 is 0. The number of hydrogen-bond donors (Lipinski definition) is 1. The molecule has 6 heteroatoms. The summed E-state index contributed by atoms with van der Waals surface area (Å²) in [5.74, 6) is 0.154. The van der Waals surface area contributed by atoms with Gasteiger partial charge in [-0.25, -0.2) is 4.98 Å². The Morgan fingerprint density at radius 3 is 2.50 bits per heavy atom. The van der Waals surface area contributed by atoms with E-state index in [1.54, 1.807) is 11.3 Å². The number of hydrogen-bond acceptors (Lipinski definition) is 5. The fourth-order valence-electron chi connectivity index (χ4n) is 2.45. The maximum atomic E-state index is 12.3. The van der Waals surface area contributed by atoms with E-state index in [9.17, 15) is 9.90 Å². The van der Waals surface area contributed by atoms with E-state index in [4.69, 9.17) is 0 Å². The summed E-state index contributed by atoms with van der Waals surface area (Å²) in [6.07, 6.45) is 0.0577. The summed E-state index contributed by atoms with van der Waals surface area (Å²) in [5, 5.41) is 13.1. The number of β-amino-alcohol motifs (C(OH)–C–C–N with tert-alkyl or cyclic N) is 1. The molecule has 1 atom stereocenters. The Balaban J connectivity index is 1.78. The van der Waals surface area contributed by atoms with Gasteiger partial charge in [0.15, 0.2) is 0 Å². The number of thiazole rings is 1. The van der Waals surface area contributed by atoms with Gasteiger partial charge in [0.05, 0.1) is 23.2 Å². The molecule has 0 aliphatic carbocycles. The highest BCUT2D eigenvalue weighted by Crippen LogP contribution is 2.20. The van der Waals surface area contributed by atoms with Crippen LogP contribution < -0.4 is 0 Å². The van der Waals surface area contributed by atoms with Crippen LogP contribution in [-0.2, 0) is 11.2 Å². The average Bonchev–Trinajstić information content (AvgIpc) is 2.83. The first-order valence-electron chi connectivity index (χ1n) is 7.85. The first kappa shape index (κ1) is 17.4. The van der Waals surface area contributed by atoms with Crippen molar-refractivity contribution in [1.82, 2.24) is 14.8 Å². The molecule has 1 amide bonds. The number of nitrogens with zero attached hydrogens (tertiary/aromatic N) is 3. The van der Waals surface area contributed by atoms with Crippen LogP contribution in [0.1, 0.15) is 31.5 Å². The third-order valence-corrected chi connectivity index (χ3v) is 4.98. The minimum atomic E-state index is -0.340. The number of amides is 1. The zero-order valence-electron chi connectivity index (χ0n) is 14.0. The Kier molecular flexibility index (Phi) is 5.58. The van der Waals surface area contributed by atoms with Gasteiger partial charge in [0.25, 0.3) is 0 Å². The molecular weight excluding hydrogens is 298 g/mol. The highest BCUT2D eigenvalue weighted by atomic mass is 32.1. The number of piperazine rings is 1. The molecule has 0 radical (unpaired) electrons. The molecule has 0 spiro atoms. The molecule has 1 N–H and O–H groups in total. The van der Waals surface area contributed by atoms with Gasteiger partial charge in [0.1, 0.15) is 0 Å². The van der Waals surface area contributed by atoms with Gasteiger partial charge in [0, 0.05) is 38.1 Å². The molecule has 0 saturated carbocycles. The van der Waals surface area contributed by atoms with Crippen molar-refractivity contribution in [1.29, 1.82) is 0 Å². The summed E-state index contributed by atoms with van der Waals surface area (Å²) >= 11 is 1.58. The van der Waals surface area contributed by atoms with Crippen molar-refractivity contribution >= 4 is 17.2 Å². The van der Waals surface area contributed by atoms with Crippen molar-refractivity contribution in [2.24, 2.45) is 5.41 Å². The largest absolute Gasteiger partial charge is 0.391 e. The van der Waals surface area contributed by atoms with Crippen molar-refractivity contribution in [2.75, 3.05) is 32.7 Å². The third-order valence-electron chi connectivity index (χ3n) is 4.15. The molecule has 2 heterocycles. The van der Waals surface area contributed by atoms with Gasteiger partial charge >= 0.3 is 0 Å². The van der Waals surface area contributed by atoms with Crippen LogP contribution in [0.2, 0.25) is 0 Å². The zero-order valence-corrected chi connectivity index (χ0v) is 14.8. The molecule has 22 heavy (non-hydrogen) atoms. The van der Waals surface area contributed by atoms with Crippen LogP contribution in [0, 0.1) is 12.3 Å². The van der Waals surface area contributed by atoms with E-state index in [0.717, 1.165) is 36.9 Å². The fourth-order valence-corrected chi connectivity index (χ4v) is 3.07. The fraction of sp³-hybridized carbons (Fsp3) is 0.750. The zero-order chi connectivity index (χ0) is 16.3. The van der Waals surface area contributed by atoms with E-state index in [2.05, 4.69) is 9.88 Å². The molecular formula is C16H27N3O2S. The van der Waals surface area contributed by atoms with E-state index in [1.165, 1.54) is 0 Å². The van der Waals surface area contributed by atoms with Crippen molar-refractivity contribution in [3.8, 4) is 0 Å². The number of carbonyl (C=O) groups is 1. The van der Waals surface area contributed by atoms with Crippen LogP contribution in [0.25, 0.3) is 0 Å². The predicted molar refractivity (Wildman–Crippen MR) is 89.0 cm³/mol. The minimum Gasteiger partial charge on any atom is -0.391 e. The molecule has 1 aliphatic heterocycles. The normalized spacial score (nSPS) is 18.5. The number of rotatable bonds is 4. The minimum absolute atomic E-state index is 0.102. The van der Waals surface area contributed by atoms with Crippen LogP contribution in [0.5, 0.6) is 0 Å². The molecule has 5 nitrogen and oxygen atoms in total. The van der Waals surface area contributed by atoms with Gasteiger partial charge in [-0.1, -0.05) is 20.8 Å². The summed E-state index contributed by atoms with van der Waals surface area (Å²) in [7, 11) is 0. The second-order valence-corrected chi connectivity index (χ2v) is 8.16.